The first-order valence-corrected chi connectivity index (χ1v) is 8.81. The summed E-state index contributed by atoms with van der Waals surface area (Å²) in [6.07, 6.45) is 2.03. The van der Waals surface area contributed by atoms with Crippen LogP contribution in [-0.4, -0.2) is 19.1 Å². The number of aromatic nitrogens is 4. The summed E-state index contributed by atoms with van der Waals surface area (Å²) in [4.78, 5) is 4.82. The fourth-order valence-corrected chi connectivity index (χ4v) is 3.55. The lowest BCUT2D eigenvalue weighted by Gasteiger charge is -2.07. The van der Waals surface area contributed by atoms with Crippen molar-refractivity contribution in [2.45, 2.75) is 19.8 Å². The predicted octanol–water partition coefficient (Wildman–Crippen LogP) is 4.88. The van der Waals surface area contributed by atoms with Gasteiger partial charge in [0.05, 0.1) is 16.9 Å². The number of hydrogen-bond donors (Lipinski definition) is 0. The molecule has 0 saturated carbocycles. The molecule has 0 N–H and O–H groups in total. The van der Waals surface area contributed by atoms with E-state index in [2.05, 4.69) is 59.0 Å². The van der Waals surface area contributed by atoms with E-state index >= 15 is 0 Å². The van der Waals surface area contributed by atoms with Gasteiger partial charge >= 0.3 is 0 Å². The second kappa shape index (κ2) is 5.83. The molecule has 0 aliphatic heterocycles. The van der Waals surface area contributed by atoms with Crippen LogP contribution < -0.4 is 0 Å². The molecule has 0 radical (unpaired) electrons. The van der Waals surface area contributed by atoms with Gasteiger partial charge < -0.3 is 0 Å². The summed E-state index contributed by atoms with van der Waals surface area (Å²) in [6.45, 7) is 4.32. The van der Waals surface area contributed by atoms with Gasteiger partial charge in [-0.1, -0.05) is 26.0 Å². The highest BCUT2D eigenvalue weighted by atomic mass is 32.1. The molecule has 0 saturated heterocycles. The fourth-order valence-electron chi connectivity index (χ4n) is 2.85. The summed E-state index contributed by atoms with van der Waals surface area (Å²) >= 11 is 1.47. The molecule has 0 fully saturated rings. The van der Waals surface area contributed by atoms with Crippen LogP contribution >= 0.6 is 11.5 Å². The molecule has 0 spiro atoms. The van der Waals surface area contributed by atoms with Gasteiger partial charge in [0.15, 0.2) is 0 Å². The summed E-state index contributed by atoms with van der Waals surface area (Å²) in [5.41, 5.74) is 6.26. The molecule has 0 bridgehead atoms. The third-order valence-electron chi connectivity index (χ3n) is 4.10. The van der Waals surface area contributed by atoms with Gasteiger partial charge in [-0.15, -0.1) is 0 Å². The maximum atomic E-state index is 4.82. The highest BCUT2D eigenvalue weighted by Gasteiger charge is 2.14. The average molecular weight is 334 g/mol. The fraction of sp³-hybridized carbons (Fsp3) is 0.211. The number of pyridine rings is 1. The van der Waals surface area contributed by atoms with E-state index in [9.17, 15) is 0 Å². The molecule has 1 aromatic carbocycles. The van der Waals surface area contributed by atoms with Crippen molar-refractivity contribution in [3.8, 4) is 22.5 Å². The molecule has 0 atom stereocenters. The Kier molecular flexibility index (Phi) is 3.65. The zero-order valence-electron chi connectivity index (χ0n) is 13.9. The van der Waals surface area contributed by atoms with Crippen LogP contribution in [0.15, 0.2) is 48.0 Å². The van der Waals surface area contributed by atoms with Crippen molar-refractivity contribution < 1.29 is 0 Å². The van der Waals surface area contributed by atoms with Gasteiger partial charge in [-0.05, 0) is 41.7 Å². The summed E-state index contributed by atoms with van der Waals surface area (Å²) in [6, 6.07) is 12.5. The standard InChI is InChI=1S/C19H18N4S/c1-12(2)16-5-4-6-18(20-16)15-11-24-22-19(15)13-7-8-17-14(9-13)10-23(3)21-17/h4-12H,1-3H3. The lowest BCUT2D eigenvalue weighted by Crippen LogP contribution is -1.94. The second-order valence-electron chi connectivity index (χ2n) is 6.26. The number of nitrogens with zero attached hydrogens (tertiary/aromatic N) is 4. The number of hydrogen-bond acceptors (Lipinski definition) is 4. The monoisotopic (exact) mass is 334 g/mol. The van der Waals surface area contributed by atoms with Crippen LogP contribution in [0, 0.1) is 0 Å². The Balaban J connectivity index is 1.82. The first-order chi connectivity index (χ1) is 11.6. The van der Waals surface area contributed by atoms with Gasteiger partial charge in [-0.3, -0.25) is 9.67 Å². The van der Waals surface area contributed by atoms with Crippen LogP contribution in [0.2, 0.25) is 0 Å². The molecule has 0 amide bonds. The van der Waals surface area contributed by atoms with Crippen molar-refractivity contribution in [3.63, 3.8) is 0 Å². The minimum absolute atomic E-state index is 0.409. The molecule has 3 heterocycles. The van der Waals surface area contributed by atoms with E-state index in [1.165, 1.54) is 11.5 Å². The van der Waals surface area contributed by atoms with Crippen molar-refractivity contribution in [1.82, 2.24) is 19.1 Å². The van der Waals surface area contributed by atoms with Crippen molar-refractivity contribution in [3.05, 3.63) is 53.7 Å². The molecule has 4 rings (SSSR count). The molecular weight excluding hydrogens is 316 g/mol. The van der Waals surface area contributed by atoms with Crippen molar-refractivity contribution in [1.29, 1.82) is 0 Å². The van der Waals surface area contributed by atoms with E-state index in [-0.39, 0.29) is 0 Å². The van der Waals surface area contributed by atoms with E-state index in [1.54, 1.807) is 0 Å². The number of benzene rings is 1. The zero-order valence-corrected chi connectivity index (χ0v) is 14.7. The molecule has 4 nitrogen and oxygen atoms in total. The summed E-state index contributed by atoms with van der Waals surface area (Å²) < 4.78 is 6.46. The summed E-state index contributed by atoms with van der Waals surface area (Å²) in [5, 5.41) is 7.64. The van der Waals surface area contributed by atoms with E-state index in [1.807, 2.05) is 24.0 Å². The second-order valence-corrected chi connectivity index (χ2v) is 6.88. The zero-order chi connectivity index (χ0) is 16.7. The van der Waals surface area contributed by atoms with E-state index in [0.29, 0.717) is 5.92 Å². The lowest BCUT2D eigenvalue weighted by molar-refractivity contribution is 0.780. The van der Waals surface area contributed by atoms with Gasteiger partial charge in [0.2, 0.25) is 0 Å². The predicted molar refractivity (Wildman–Crippen MR) is 99.1 cm³/mol. The van der Waals surface area contributed by atoms with Gasteiger partial charge in [0.25, 0.3) is 0 Å². The maximum Gasteiger partial charge on any atom is 0.0934 e. The normalized spacial score (nSPS) is 11.5. The molecule has 0 unspecified atom stereocenters. The molecular formula is C19H18N4S. The van der Waals surface area contributed by atoms with Crippen LogP contribution in [0.1, 0.15) is 25.5 Å². The third kappa shape index (κ3) is 2.61. The first kappa shape index (κ1) is 15.0. The minimum Gasteiger partial charge on any atom is -0.275 e. The first-order valence-electron chi connectivity index (χ1n) is 7.97. The minimum atomic E-state index is 0.409. The molecule has 5 heteroatoms. The van der Waals surface area contributed by atoms with Crippen molar-refractivity contribution >= 4 is 22.4 Å². The molecule has 4 aromatic rings. The van der Waals surface area contributed by atoms with E-state index in [0.717, 1.165) is 39.1 Å². The van der Waals surface area contributed by atoms with Crippen LogP contribution in [0.3, 0.4) is 0 Å². The Hall–Kier alpha value is -2.53. The third-order valence-corrected chi connectivity index (χ3v) is 4.73. The highest BCUT2D eigenvalue weighted by molar-refractivity contribution is 7.04. The van der Waals surface area contributed by atoms with Crippen molar-refractivity contribution in [2.24, 2.45) is 7.05 Å². The van der Waals surface area contributed by atoms with Gasteiger partial charge in [0.1, 0.15) is 0 Å². The van der Waals surface area contributed by atoms with Gasteiger partial charge in [-0.25, -0.2) is 0 Å². The van der Waals surface area contributed by atoms with Crippen LogP contribution in [0.25, 0.3) is 33.4 Å². The number of aryl methyl sites for hydroxylation is 1. The Labute approximate surface area is 145 Å². The van der Waals surface area contributed by atoms with Crippen LogP contribution in [0.5, 0.6) is 0 Å². The van der Waals surface area contributed by atoms with Crippen LogP contribution in [0.4, 0.5) is 0 Å². The number of rotatable bonds is 3. The van der Waals surface area contributed by atoms with Crippen molar-refractivity contribution in [2.75, 3.05) is 0 Å². The van der Waals surface area contributed by atoms with Gasteiger partial charge in [0, 0.05) is 40.8 Å². The Morgan fingerprint density at radius 1 is 1.12 bits per heavy atom. The highest BCUT2D eigenvalue weighted by Crippen LogP contribution is 2.33. The largest absolute Gasteiger partial charge is 0.275 e. The summed E-state index contributed by atoms with van der Waals surface area (Å²) in [7, 11) is 1.94. The van der Waals surface area contributed by atoms with E-state index in [4.69, 9.17) is 4.98 Å². The Bertz CT molecular complexity index is 1010. The smallest absolute Gasteiger partial charge is 0.0934 e. The molecule has 0 aliphatic carbocycles. The lowest BCUT2D eigenvalue weighted by atomic mass is 10.0. The maximum absolute atomic E-state index is 4.82. The van der Waals surface area contributed by atoms with Crippen LogP contribution in [-0.2, 0) is 7.05 Å². The van der Waals surface area contributed by atoms with Gasteiger partial charge in [-0.2, -0.15) is 9.47 Å². The SMILES string of the molecule is CC(C)c1cccc(-c2csnc2-c2ccc3nn(C)cc3c2)n1. The average Bonchev–Trinajstić information content (AvgIpc) is 3.19. The quantitative estimate of drug-likeness (QED) is 0.536. The Morgan fingerprint density at radius 2 is 2.00 bits per heavy atom. The molecule has 24 heavy (non-hydrogen) atoms. The Morgan fingerprint density at radius 3 is 2.83 bits per heavy atom. The molecule has 3 aromatic heterocycles. The topological polar surface area (TPSA) is 43.6 Å². The van der Waals surface area contributed by atoms with E-state index < -0.39 is 0 Å². The summed E-state index contributed by atoms with van der Waals surface area (Å²) in [5.74, 6) is 0.409. The number of fused-ring (bicyclic) bond motifs is 1. The molecule has 120 valence electrons. The molecule has 0 aliphatic rings.